The highest BCUT2D eigenvalue weighted by Crippen LogP contribution is 2.47. The Morgan fingerprint density at radius 3 is 2.49 bits per heavy atom. The fourth-order valence-corrected chi connectivity index (χ4v) is 5.19. The minimum atomic E-state index is 0.113. The van der Waals surface area contributed by atoms with Gasteiger partial charge in [-0.2, -0.15) is 0 Å². The van der Waals surface area contributed by atoms with Crippen LogP contribution in [0.4, 0.5) is 0 Å². The molecule has 4 aromatic carbocycles. The largest absolute Gasteiger partial charge is 0.456 e. The third-order valence-corrected chi connectivity index (χ3v) is 6.91. The number of ether oxygens (including phenoxy) is 1. The lowest BCUT2D eigenvalue weighted by atomic mass is 9.92. The molecule has 0 aliphatic carbocycles. The maximum atomic E-state index is 6.39. The van der Waals surface area contributed by atoms with E-state index < -0.39 is 0 Å². The van der Waals surface area contributed by atoms with E-state index in [9.17, 15) is 0 Å². The molecule has 0 amide bonds. The van der Waals surface area contributed by atoms with Gasteiger partial charge in [-0.05, 0) is 64.1 Å². The first-order valence-electron chi connectivity index (χ1n) is 12.0. The standard InChI is InChI=1S/C32H24N2O/c1-2-18-33-28(12-1)29-14-6-13-27(34-29)24-10-3-9-22(19-24)23-16-17-25-26-11-4-7-21-8-5-15-30(32(21)26)35-31(25)20-23/h1-17,19-20,27,33-34H,18H2. The van der Waals surface area contributed by atoms with Gasteiger partial charge in [-0.15, -0.1) is 0 Å². The fourth-order valence-electron chi connectivity index (χ4n) is 5.19. The van der Waals surface area contributed by atoms with Crippen LogP contribution in [-0.4, -0.2) is 6.54 Å². The van der Waals surface area contributed by atoms with Crippen LogP contribution in [0.5, 0.6) is 11.5 Å². The van der Waals surface area contributed by atoms with Gasteiger partial charge in [0, 0.05) is 17.5 Å². The first kappa shape index (κ1) is 19.9. The second kappa shape index (κ2) is 8.07. The van der Waals surface area contributed by atoms with Crippen LogP contribution in [-0.2, 0) is 0 Å². The summed E-state index contributed by atoms with van der Waals surface area (Å²) in [4.78, 5) is 0. The van der Waals surface area contributed by atoms with E-state index in [1.165, 1.54) is 27.5 Å². The van der Waals surface area contributed by atoms with Crippen LogP contribution in [0.15, 0.2) is 127 Å². The van der Waals surface area contributed by atoms with E-state index in [1.807, 2.05) is 0 Å². The number of allylic oxidation sites excluding steroid dienone is 4. The molecule has 0 radical (unpaired) electrons. The molecular weight excluding hydrogens is 428 g/mol. The molecule has 3 heterocycles. The Hall–Kier alpha value is -4.50. The highest BCUT2D eigenvalue weighted by atomic mass is 16.5. The monoisotopic (exact) mass is 452 g/mol. The van der Waals surface area contributed by atoms with Crippen molar-refractivity contribution in [2.45, 2.75) is 6.04 Å². The van der Waals surface area contributed by atoms with Crippen LogP contribution in [0.1, 0.15) is 11.6 Å². The Bertz CT molecular complexity index is 1600. The minimum Gasteiger partial charge on any atom is -0.456 e. The molecule has 2 N–H and O–H groups in total. The van der Waals surface area contributed by atoms with E-state index in [2.05, 4.69) is 126 Å². The zero-order valence-electron chi connectivity index (χ0n) is 19.2. The average Bonchev–Trinajstić information content (AvgIpc) is 2.94. The van der Waals surface area contributed by atoms with Crippen LogP contribution in [0.2, 0.25) is 0 Å². The predicted octanol–water partition coefficient (Wildman–Crippen LogP) is 7.41. The molecule has 0 bridgehead atoms. The van der Waals surface area contributed by atoms with Gasteiger partial charge >= 0.3 is 0 Å². The van der Waals surface area contributed by atoms with Gasteiger partial charge in [0.1, 0.15) is 11.5 Å². The maximum Gasteiger partial charge on any atom is 0.135 e. The fraction of sp³-hybridized carbons (Fsp3) is 0.0625. The first-order valence-corrected chi connectivity index (χ1v) is 12.0. The van der Waals surface area contributed by atoms with E-state index in [0.717, 1.165) is 40.6 Å². The van der Waals surface area contributed by atoms with E-state index in [1.54, 1.807) is 0 Å². The molecule has 7 rings (SSSR count). The van der Waals surface area contributed by atoms with Gasteiger partial charge in [-0.1, -0.05) is 78.9 Å². The number of fused-ring (bicyclic) bond motifs is 2. The van der Waals surface area contributed by atoms with E-state index in [4.69, 9.17) is 4.74 Å². The van der Waals surface area contributed by atoms with E-state index in [-0.39, 0.29) is 6.04 Å². The topological polar surface area (TPSA) is 33.3 Å². The number of hydrogen-bond acceptors (Lipinski definition) is 3. The van der Waals surface area contributed by atoms with Crippen molar-refractivity contribution in [3.05, 3.63) is 132 Å². The van der Waals surface area contributed by atoms with Crippen molar-refractivity contribution < 1.29 is 4.74 Å². The van der Waals surface area contributed by atoms with Crippen molar-refractivity contribution >= 4 is 10.8 Å². The molecule has 3 nitrogen and oxygen atoms in total. The average molecular weight is 453 g/mol. The summed E-state index contributed by atoms with van der Waals surface area (Å²) in [5.41, 5.74) is 8.16. The third kappa shape index (κ3) is 3.44. The lowest BCUT2D eigenvalue weighted by Gasteiger charge is -2.25. The van der Waals surface area contributed by atoms with Crippen molar-refractivity contribution in [3.63, 3.8) is 0 Å². The second-order valence-corrected chi connectivity index (χ2v) is 9.07. The number of hydrogen-bond donors (Lipinski definition) is 2. The lowest BCUT2D eigenvalue weighted by molar-refractivity contribution is 0.487. The number of nitrogens with one attached hydrogen (secondary N) is 2. The maximum absolute atomic E-state index is 6.39. The number of dihydropyridines is 2. The van der Waals surface area contributed by atoms with E-state index in [0.29, 0.717) is 0 Å². The summed E-state index contributed by atoms with van der Waals surface area (Å²) >= 11 is 0. The summed E-state index contributed by atoms with van der Waals surface area (Å²) in [5.74, 6) is 1.83. The van der Waals surface area contributed by atoms with Gasteiger partial charge < -0.3 is 15.4 Å². The first-order chi connectivity index (χ1) is 17.3. The molecule has 168 valence electrons. The third-order valence-electron chi connectivity index (χ3n) is 6.91. The number of benzene rings is 4. The Kier molecular flexibility index (Phi) is 4.59. The summed E-state index contributed by atoms with van der Waals surface area (Å²) in [6, 6.07) is 28.1. The molecule has 3 aliphatic rings. The highest BCUT2D eigenvalue weighted by molar-refractivity contribution is 6.04. The Morgan fingerprint density at radius 2 is 1.57 bits per heavy atom. The van der Waals surface area contributed by atoms with Gasteiger partial charge in [0.2, 0.25) is 0 Å². The molecule has 0 spiro atoms. The van der Waals surface area contributed by atoms with Crippen molar-refractivity contribution in [2.75, 3.05) is 6.54 Å². The van der Waals surface area contributed by atoms with Crippen LogP contribution in [0, 0.1) is 0 Å². The highest BCUT2D eigenvalue weighted by Gasteiger charge is 2.21. The molecule has 3 heteroatoms. The molecule has 3 aliphatic heterocycles. The van der Waals surface area contributed by atoms with Crippen molar-refractivity contribution in [1.29, 1.82) is 0 Å². The predicted molar refractivity (Wildman–Crippen MR) is 143 cm³/mol. The molecular formula is C32H24N2O. The molecule has 0 saturated carbocycles. The molecule has 1 unspecified atom stereocenters. The molecule has 35 heavy (non-hydrogen) atoms. The molecule has 4 aromatic rings. The minimum absolute atomic E-state index is 0.113. The van der Waals surface area contributed by atoms with Gasteiger partial charge in [0.05, 0.1) is 17.4 Å². The van der Waals surface area contributed by atoms with Gasteiger partial charge in [0.15, 0.2) is 0 Å². The zero-order chi connectivity index (χ0) is 23.2. The van der Waals surface area contributed by atoms with Gasteiger partial charge in [-0.25, -0.2) is 0 Å². The Morgan fingerprint density at radius 1 is 0.714 bits per heavy atom. The molecule has 0 saturated heterocycles. The van der Waals surface area contributed by atoms with Crippen molar-refractivity contribution in [1.82, 2.24) is 10.6 Å². The van der Waals surface area contributed by atoms with Crippen LogP contribution < -0.4 is 15.4 Å². The van der Waals surface area contributed by atoms with Crippen LogP contribution >= 0.6 is 0 Å². The van der Waals surface area contributed by atoms with Crippen molar-refractivity contribution in [3.8, 4) is 33.8 Å². The van der Waals surface area contributed by atoms with Crippen LogP contribution in [0.25, 0.3) is 33.0 Å². The van der Waals surface area contributed by atoms with Gasteiger partial charge in [-0.3, -0.25) is 0 Å². The zero-order valence-corrected chi connectivity index (χ0v) is 19.2. The Labute approximate surface area is 204 Å². The number of rotatable bonds is 3. The van der Waals surface area contributed by atoms with E-state index >= 15 is 0 Å². The normalized spacial score (nSPS) is 17.5. The SMILES string of the molecule is C1=CCNC(C2=CC=CC(c3cccc(-c4ccc5c(c4)Oc4cccc6cccc-5c46)c3)N2)=C1. The lowest BCUT2D eigenvalue weighted by Crippen LogP contribution is -2.28. The quantitative estimate of drug-likeness (QED) is 0.299. The molecule has 0 fully saturated rings. The summed E-state index contributed by atoms with van der Waals surface area (Å²) in [5, 5.41) is 9.51. The molecule has 1 atom stereocenters. The Balaban J connectivity index is 1.22. The van der Waals surface area contributed by atoms with Crippen LogP contribution in [0.3, 0.4) is 0 Å². The summed E-state index contributed by atoms with van der Waals surface area (Å²) in [6.07, 6.45) is 12.8. The summed E-state index contributed by atoms with van der Waals surface area (Å²) in [7, 11) is 0. The summed E-state index contributed by atoms with van der Waals surface area (Å²) < 4.78 is 6.39. The molecule has 0 aromatic heterocycles. The van der Waals surface area contributed by atoms with Gasteiger partial charge in [0.25, 0.3) is 0 Å². The smallest absolute Gasteiger partial charge is 0.135 e. The summed E-state index contributed by atoms with van der Waals surface area (Å²) in [6.45, 7) is 0.855. The van der Waals surface area contributed by atoms with Crippen molar-refractivity contribution in [2.24, 2.45) is 0 Å². The second-order valence-electron chi connectivity index (χ2n) is 9.07.